The van der Waals surface area contributed by atoms with Gasteiger partial charge in [-0.05, 0) is 31.0 Å². The van der Waals surface area contributed by atoms with Gasteiger partial charge in [0.2, 0.25) is 0 Å². The van der Waals surface area contributed by atoms with E-state index < -0.39 is 0 Å². The summed E-state index contributed by atoms with van der Waals surface area (Å²) in [6, 6.07) is 8.04. The first-order chi connectivity index (χ1) is 7.27. The Hall–Kier alpha value is -0.900. The predicted molar refractivity (Wildman–Crippen MR) is 60.8 cm³/mol. The molecule has 3 nitrogen and oxygen atoms in total. The molecule has 0 aromatic heterocycles. The molecule has 1 aromatic rings. The lowest BCUT2D eigenvalue weighted by Crippen LogP contribution is -2.36. The highest BCUT2D eigenvalue weighted by Crippen LogP contribution is 2.06. The second kappa shape index (κ2) is 6.56. The highest BCUT2D eigenvalue weighted by Gasteiger charge is 2.04. The van der Waals surface area contributed by atoms with Gasteiger partial charge < -0.3 is 15.5 Å². The van der Waals surface area contributed by atoms with Crippen LogP contribution in [0.5, 0.6) is 0 Å². The smallest absolute Gasteiger partial charge is 0.0607 e. The van der Waals surface area contributed by atoms with Gasteiger partial charge in [-0.15, -0.1) is 0 Å². The topological polar surface area (TPSA) is 52.5 Å². The summed E-state index contributed by atoms with van der Waals surface area (Å²) in [4.78, 5) is 0. The number of aliphatic hydroxyl groups is 2. The summed E-state index contributed by atoms with van der Waals surface area (Å²) in [5, 5.41) is 20.8. The van der Waals surface area contributed by atoms with Crippen LogP contribution < -0.4 is 5.32 Å². The summed E-state index contributed by atoms with van der Waals surface area (Å²) in [5.74, 6) is 0. The minimum atomic E-state index is -0.200. The van der Waals surface area contributed by atoms with Crippen molar-refractivity contribution in [1.82, 2.24) is 5.32 Å². The van der Waals surface area contributed by atoms with Crippen LogP contribution in [0.2, 0.25) is 0 Å². The van der Waals surface area contributed by atoms with E-state index in [2.05, 4.69) is 24.4 Å². The van der Waals surface area contributed by atoms with E-state index in [9.17, 15) is 0 Å². The van der Waals surface area contributed by atoms with Gasteiger partial charge in [0.25, 0.3) is 0 Å². The van der Waals surface area contributed by atoms with Gasteiger partial charge in [-0.25, -0.2) is 0 Å². The van der Waals surface area contributed by atoms with Crippen molar-refractivity contribution in [3.63, 3.8) is 0 Å². The molecule has 0 aliphatic carbocycles. The molecule has 0 atom stereocenters. The predicted octanol–water partition coefficient (Wildman–Crippen LogP) is 0.480. The molecule has 0 aliphatic rings. The summed E-state index contributed by atoms with van der Waals surface area (Å²) >= 11 is 0. The third kappa shape index (κ3) is 4.00. The summed E-state index contributed by atoms with van der Waals surface area (Å²) in [7, 11) is 0. The largest absolute Gasteiger partial charge is 0.395 e. The van der Waals surface area contributed by atoms with Crippen molar-refractivity contribution in [3.05, 3.63) is 35.4 Å². The Labute approximate surface area is 90.8 Å². The summed E-state index contributed by atoms with van der Waals surface area (Å²) in [5.41, 5.74) is 2.59. The average molecular weight is 209 g/mol. The van der Waals surface area contributed by atoms with Crippen LogP contribution in [0, 0.1) is 6.92 Å². The van der Waals surface area contributed by atoms with Crippen LogP contribution in [0.25, 0.3) is 0 Å². The maximum Gasteiger partial charge on any atom is 0.0607 e. The van der Waals surface area contributed by atoms with E-state index in [1.165, 1.54) is 11.1 Å². The molecule has 0 fully saturated rings. The summed E-state index contributed by atoms with van der Waals surface area (Å²) in [6.45, 7) is 2.82. The lowest BCUT2D eigenvalue weighted by Gasteiger charge is -2.13. The van der Waals surface area contributed by atoms with Gasteiger partial charge in [0.15, 0.2) is 0 Å². The fourth-order valence-corrected chi connectivity index (χ4v) is 1.49. The van der Waals surface area contributed by atoms with E-state index in [1.807, 2.05) is 12.1 Å². The Morgan fingerprint density at radius 3 is 2.47 bits per heavy atom. The minimum Gasteiger partial charge on any atom is -0.395 e. The Kier molecular flexibility index (Phi) is 5.32. The molecule has 15 heavy (non-hydrogen) atoms. The molecule has 3 N–H and O–H groups in total. The molecule has 84 valence electrons. The molecule has 0 radical (unpaired) electrons. The third-order valence-corrected chi connectivity index (χ3v) is 2.53. The van der Waals surface area contributed by atoms with Crippen LogP contribution in [-0.4, -0.2) is 36.0 Å². The summed E-state index contributed by atoms with van der Waals surface area (Å²) in [6.07, 6.45) is 0.920. The molecule has 0 aliphatic heterocycles. The molecular formula is C12H19NO2. The second-order valence-electron chi connectivity index (χ2n) is 3.69. The molecule has 0 heterocycles. The van der Waals surface area contributed by atoms with Crippen molar-refractivity contribution < 1.29 is 10.2 Å². The van der Waals surface area contributed by atoms with Gasteiger partial charge >= 0.3 is 0 Å². The monoisotopic (exact) mass is 209 g/mol. The molecule has 0 spiro atoms. The maximum atomic E-state index is 8.86. The van der Waals surface area contributed by atoms with Crippen LogP contribution >= 0.6 is 0 Å². The van der Waals surface area contributed by atoms with Crippen molar-refractivity contribution in [2.75, 3.05) is 19.8 Å². The number of nitrogens with one attached hydrogen (secondary N) is 1. The van der Waals surface area contributed by atoms with Crippen molar-refractivity contribution in [3.8, 4) is 0 Å². The quantitative estimate of drug-likeness (QED) is 0.639. The number of aryl methyl sites for hydroxylation is 1. The molecule has 0 amide bonds. The normalized spacial score (nSPS) is 10.9. The molecule has 0 saturated heterocycles. The highest BCUT2D eigenvalue weighted by atomic mass is 16.3. The van der Waals surface area contributed by atoms with Gasteiger partial charge in [-0.2, -0.15) is 0 Å². The Morgan fingerprint density at radius 2 is 1.87 bits per heavy atom. The Balaban J connectivity index is 2.34. The molecule has 0 bridgehead atoms. The van der Waals surface area contributed by atoms with Crippen molar-refractivity contribution in [2.45, 2.75) is 19.4 Å². The zero-order valence-corrected chi connectivity index (χ0v) is 9.11. The van der Waals surface area contributed by atoms with Gasteiger partial charge in [0.1, 0.15) is 0 Å². The van der Waals surface area contributed by atoms with E-state index in [0.29, 0.717) is 0 Å². The van der Waals surface area contributed by atoms with Crippen molar-refractivity contribution in [1.29, 1.82) is 0 Å². The SMILES string of the molecule is Cc1ccccc1CCNC(CO)CO. The lowest BCUT2D eigenvalue weighted by atomic mass is 10.1. The van der Waals surface area contributed by atoms with Crippen molar-refractivity contribution in [2.24, 2.45) is 0 Å². The number of rotatable bonds is 6. The zero-order valence-electron chi connectivity index (χ0n) is 9.11. The molecule has 0 saturated carbocycles. The van der Waals surface area contributed by atoms with E-state index in [-0.39, 0.29) is 19.3 Å². The first-order valence-corrected chi connectivity index (χ1v) is 5.27. The minimum absolute atomic E-state index is 0.0235. The van der Waals surface area contributed by atoms with Gasteiger partial charge in [-0.1, -0.05) is 24.3 Å². The van der Waals surface area contributed by atoms with Crippen molar-refractivity contribution >= 4 is 0 Å². The first kappa shape index (κ1) is 12.2. The lowest BCUT2D eigenvalue weighted by molar-refractivity contribution is 0.171. The summed E-state index contributed by atoms with van der Waals surface area (Å²) < 4.78 is 0. The highest BCUT2D eigenvalue weighted by molar-refractivity contribution is 5.25. The molecule has 1 rings (SSSR count). The molecule has 3 heteroatoms. The van der Waals surface area contributed by atoms with Crippen LogP contribution in [-0.2, 0) is 6.42 Å². The average Bonchev–Trinajstić information content (AvgIpc) is 2.27. The van der Waals surface area contributed by atoms with Gasteiger partial charge in [-0.3, -0.25) is 0 Å². The van der Waals surface area contributed by atoms with Crippen LogP contribution in [0.4, 0.5) is 0 Å². The molecular weight excluding hydrogens is 190 g/mol. The Morgan fingerprint density at radius 1 is 1.20 bits per heavy atom. The molecule has 1 aromatic carbocycles. The van der Waals surface area contributed by atoms with E-state index >= 15 is 0 Å². The molecule has 0 unspecified atom stereocenters. The fourth-order valence-electron chi connectivity index (χ4n) is 1.49. The van der Waals surface area contributed by atoms with E-state index in [1.54, 1.807) is 0 Å². The number of hydrogen-bond acceptors (Lipinski definition) is 3. The fraction of sp³-hybridized carbons (Fsp3) is 0.500. The van der Waals surface area contributed by atoms with Gasteiger partial charge in [0, 0.05) is 0 Å². The van der Waals surface area contributed by atoms with Gasteiger partial charge in [0.05, 0.1) is 19.3 Å². The number of hydrogen-bond donors (Lipinski definition) is 3. The van der Waals surface area contributed by atoms with E-state index in [4.69, 9.17) is 10.2 Å². The number of aliphatic hydroxyl groups excluding tert-OH is 2. The van der Waals surface area contributed by atoms with Crippen LogP contribution in [0.1, 0.15) is 11.1 Å². The standard InChI is InChI=1S/C12H19NO2/c1-10-4-2-3-5-11(10)6-7-13-12(8-14)9-15/h2-5,12-15H,6-9H2,1H3. The second-order valence-corrected chi connectivity index (χ2v) is 3.69. The Bertz CT molecular complexity index is 285. The third-order valence-electron chi connectivity index (χ3n) is 2.53. The van der Waals surface area contributed by atoms with Crippen LogP contribution in [0.3, 0.4) is 0 Å². The first-order valence-electron chi connectivity index (χ1n) is 5.27. The zero-order chi connectivity index (χ0) is 11.1. The van der Waals surface area contributed by atoms with E-state index in [0.717, 1.165) is 13.0 Å². The maximum absolute atomic E-state index is 8.86. The number of benzene rings is 1. The van der Waals surface area contributed by atoms with Crippen LogP contribution in [0.15, 0.2) is 24.3 Å².